The lowest BCUT2D eigenvalue weighted by Crippen LogP contribution is -2.29. The fraction of sp³-hybridized carbons (Fsp3) is 0.333. The Morgan fingerprint density at radius 2 is 1.87 bits per heavy atom. The lowest BCUT2D eigenvalue weighted by Gasteiger charge is -2.17. The number of rotatable bonds is 5. The van der Waals surface area contributed by atoms with Gasteiger partial charge in [0.05, 0.1) is 19.6 Å². The molecule has 5 nitrogen and oxygen atoms in total. The largest absolute Gasteiger partial charge is 0.573 e. The highest BCUT2D eigenvalue weighted by Crippen LogP contribution is 2.25. The Morgan fingerprint density at radius 3 is 2.35 bits per heavy atom. The van der Waals surface area contributed by atoms with Gasteiger partial charge in [-0.1, -0.05) is 18.1 Å². The van der Waals surface area contributed by atoms with Crippen LogP contribution in [0.15, 0.2) is 24.3 Å². The second-order valence-corrected chi connectivity index (χ2v) is 4.30. The van der Waals surface area contributed by atoms with Gasteiger partial charge >= 0.3 is 12.3 Å². The van der Waals surface area contributed by atoms with E-state index < -0.39 is 30.0 Å². The number of amides is 1. The zero-order valence-corrected chi connectivity index (χ0v) is 12.4. The average Bonchev–Trinajstić information content (AvgIpc) is 2.45. The van der Waals surface area contributed by atoms with Crippen molar-refractivity contribution in [3.8, 4) is 17.6 Å². The highest BCUT2D eigenvalue weighted by molar-refractivity contribution is 5.93. The van der Waals surface area contributed by atoms with E-state index in [9.17, 15) is 22.8 Å². The van der Waals surface area contributed by atoms with Crippen LogP contribution in [0.3, 0.4) is 0 Å². The summed E-state index contributed by atoms with van der Waals surface area (Å²) in [5.74, 6) is 3.05. The Bertz CT molecular complexity index is 614. The molecule has 1 rings (SSSR count). The molecule has 1 N–H and O–H groups in total. The second kappa shape index (κ2) is 8.08. The number of esters is 1. The minimum atomic E-state index is -4.79. The Kier molecular flexibility index (Phi) is 6.45. The van der Waals surface area contributed by atoms with Gasteiger partial charge in [-0.15, -0.1) is 13.2 Å². The first-order valence-corrected chi connectivity index (χ1v) is 6.41. The van der Waals surface area contributed by atoms with E-state index in [0.29, 0.717) is 5.56 Å². The van der Waals surface area contributed by atoms with Gasteiger partial charge in [-0.2, -0.15) is 0 Å². The maximum atomic E-state index is 12.1. The predicted molar refractivity (Wildman–Crippen MR) is 74.1 cm³/mol. The number of ether oxygens (including phenoxy) is 2. The van der Waals surface area contributed by atoms with Crippen LogP contribution in [0, 0.1) is 11.8 Å². The fourth-order valence-corrected chi connectivity index (χ4v) is 1.71. The van der Waals surface area contributed by atoms with E-state index in [-0.39, 0.29) is 6.42 Å². The van der Waals surface area contributed by atoms with E-state index >= 15 is 0 Å². The van der Waals surface area contributed by atoms with E-state index in [1.54, 1.807) is 0 Å². The van der Waals surface area contributed by atoms with Gasteiger partial charge in [0.2, 0.25) is 0 Å². The van der Waals surface area contributed by atoms with Crippen LogP contribution in [-0.4, -0.2) is 25.3 Å². The van der Waals surface area contributed by atoms with Crippen molar-refractivity contribution in [1.82, 2.24) is 5.32 Å². The maximum absolute atomic E-state index is 12.1. The quantitative estimate of drug-likeness (QED) is 0.665. The number of hydrogen-bond donors (Lipinski definition) is 1. The molecule has 0 aliphatic rings. The summed E-state index contributed by atoms with van der Waals surface area (Å²) in [7, 11) is 1.19. The van der Waals surface area contributed by atoms with Gasteiger partial charge in [0.1, 0.15) is 5.75 Å². The Morgan fingerprint density at radius 1 is 1.26 bits per heavy atom. The summed E-state index contributed by atoms with van der Waals surface area (Å²) in [5.41, 5.74) is 0.413. The first-order valence-electron chi connectivity index (χ1n) is 6.41. The third-order valence-electron chi connectivity index (χ3n) is 2.66. The fourth-order valence-electron chi connectivity index (χ4n) is 1.71. The number of carbonyl (C=O) groups is 2. The van der Waals surface area contributed by atoms with Crippen LogP contribution in [0.1, 0.15) is 24.9 Å². The molecule has 0 aromatic heterocycles. The molecular weight excluding hydrogens is 315 g/mol. The zero-order valence-electron chi connectivity index (χ0n) is 12.4. The molecule has 1 aromatic carbocycles. The van der Waals surface area contributed by atoms with Crippen molar-refractivity contribution < 1.29 is 32.2 Å². The summed E-state index contributed by atoms with van der Waals surface area (Å²) in [4.78, 5) is 22.9. The van der Waals surface area contributed by atoms with Crippen molar-refractivity contribution in [3.05, 3.63) is 29.8 Å². The van der Waals surface area contributed by atoms with Gasteiger partial charge in [0, 0.05) is 0 Å². The molecule has 0 bridgehead atoms. The van der Waals surface area contributed by atoms with Crippen LogP contribution in [0.4, 0.5) is 13.2 Å². The number of alkyl halides is 3. The summed E-state index contributed by atoms with van der Waals surface area (Å²) in [6.45, 7) is 1.47. The average molecular weight is 329 g/mol. The lowest BCUT2D eigenvalue weighted by atomic mass is 10.0. The molecule has 124 valence electrons. The molecule has 23 heavy (non-hydrogen) atoms. The van der Waals surface area contributed by atoms with Gasteiger partial charge in [-0.05, 0) is 30.5 Å². The van der Waals surface area contributed by atoms with Crippen molar-refractivity contribution in [2.75, 3.05) is 7.11 Å². The van der Waals surface area contributed by atoms with Crippen molar-refractivity contribution >= 4 is 11.9 Å². The highest BCUT2D eigenvalue weighted by Gasteiger charge is 2.31. The molecule has 0 aliphatic heterocycles. The number of benzene rings is 1. The highest BCUT2D eigenvalue weighted by atomic mass is 19.4. The first kappa shape index (κ1) is 18.4. The monoisotopic (exact) mass is 329 g/mol. The van der Waals surface area contributed by atoms with Crippen LogP contribution in [0.5, 0.6) is 5.75 Å². The summed E-state index contributed by atoms with van der Waals surface area (Å²) < 4.78 is 44.6. The number of hydrogen-bond acceptors (Lipinski definition) is 4. The molecule has 0 spiro atoms. The Labute approximate surface area is 130 Å². The van der Waals surface area contributed by atoms with Crippen LogP contribution in [-0.2, 0) is 14.3 Å². The summed E-state index contributed by atoms with van der Waals surface area (Å²) in [5, 5.41) is 2.49. The molecule has 0 radical (unpaired) electrons. The normalized spacial score (nSPS) is 11.7. The molecule has 1 atom stereocenters. The number of carbonyl (C=O) groups excluding carboxylic acids is 2. The van der Waals surface area contributed by atoms with E-state index in [1.807, 2.05) is 0 Å². The minimum absolute atomic E-state index is 0.187. The molecule has 0 unspecified atom stereocenters. The minimum Gasteiger partial charge on any atom is -0.469 e. The van der Waals surface area contributed by atoms with Crippen molar-refractivity contribution in [1.29, 1.82) is 0 Å². The molecule has 0 saturated carbocycles. The summed E-state index contributed by atoms with van der Waals surface area (Å²) in [6, 6.07) is 4.02. The van der Waals surface area contributed by atoms with E-state index in [1.165, 1.54) is 26.2 Å². The Hall–Kier alpha value is -2.69. The van der Waals surface area contributed by atoms with Crippen LogP contribution in [0.25, 0.3) is 0 Å². The zero-order chi connectivity index (χ0) is 17.5. The topological polar surface area (TPSA) is 64.6 Å². The third-order valence-corrected chi connectivity index (χ3v) is 2.66. The molecule has 1 aromatic rings. The molecule has 0 aliphatic carbocycles. The van der Waals surface area contributed by atoms with Crippen LogP contribution < -0.4 is 10.1 Å². The van der Waals surface area contributed by atoms with Gasteiger partial charge in [0.25, 0.3) is 5.91 Å². The second-order valence-electron chi connectivity index (χ2n) is 4.30. The third kappa shape index (κ3) is 6.74. The molecule has 0 heterocycles. The molecule has 8 heteroatoms. The van der Waals surface area contributed by atoms with Gasteiger partial charge in [-0.25, -0.2) is 0 Å². The van der Waals surface area contributed by atoms with Crippen molar-refractivity contribution in [3.63, 3.8) is 0 Å². The standard InChI is InChI=1S/C15H14F3NO4/c1-3-4-13(20)19-12(9-14(21)22-2)10-5-7-11(8-6-10)23-15(16,17)18/h5-8,12H,9H2,1-2H3,(H,19,20)/t12-/m1/s1. The first-order chi connectivity index (χ1) is 10.7. The van der Waals surface area contributed by atoms with E-state index in [0.717, 1.165) is 12.1 Å². The molecule has 0 saturated heterocycles. The van der Waals surface area contributed by atoms with E-state index in [2.05, 4.69) is 26.6 Å². The lowest BCUT2D eigenvalue weighted by molar-refractivity contribution is -0.274. The Balaban J connectivity index is 2.93. The maximum Gasteiger partial charge on any atom is 0.573 e. The van der Waals surface area contributed by atoms with E-state index in [4.69, 9.17) is 0 Å². The predicted octanol–water partition coefficient (Wildman–Crippen LogP) is 2.33. The summed E-state index contributed by atoms with van der Waals surface area (Å²) >= 11 is 0. The molecular formula is C15H14F3NO4. The smallest absolute Gasteiger partial charge is 0.469 e. The molecule has 0 fully saturated rings. The van der Waals surface area contributed by atoms with Gasteiger partial charge < -0.3 is 14.8 Å². The molecule has 1 amide bonds. The van der Waals surface area contributed by atoms with Crippen LogP contribution in [0.2, 0.25) is 0 Å². The van der Waals surface area contributed by atoms with Gasteiger partial charge in [-0.3, -0.25) is 9.59 Å². The number of nitrogens with one attached hydrogen (secondary N) is 1. The van der Waals surface area contributed by atoms with Gasteiger partial charge in [0.15, 0.2) is 0 Å². The summed E-state index contributed by atoms with van der Waals surface area (Å²) in [6.07, 6.45) is -4.98. The number of halogens is 3. The van der Waals surface area contributed by atoms with Crippen molar-refractivity contribution in [2.45, 2.75) is 25.7 Å². The number of methoxy groups -OCH3 is 1. The van der Waals surface area contributed by atoms with Crippen molar-refractivity contribution in [2.24, 2.45) is 0 Å². The van der Waals surface area contributed by atoms with Crippen LogP contribution >= 0.6 is 0 Å². The SMILES string of the molecule is CC#CC(=O)N[C@H](CC(=O)OC)c1ccc(OC(F)(F)F)cc1.